The van der Waals surface area contributed by atoms with Crippen molar-refractivity contribution in [3.8, 4) is 5.75 Å². The zero-order chi connectivity index (χ0) is 15.5. The van der Waals surface area contributed by atoms with Crippen molar-refractivity contribution in [3.63, 3.8) is 0 Å². The van der Waals surface area contributed by atoms with Gasteiger partial charge in [-0.25, -0.2) is 4.39 Å². The third-order valence-electron chi connectivity index (χ3n) is 3.48. The predicted molar refractivity (Wildman–Crippen MR) is 85.1 cm³/mol. The van der Waals surface area contributed by atoms with Crippen molar-refractivity contribution in [1.82, 2.24) is 0 Å². The number of hydrogen-bond acceptors (Lipinski definition) is 2. The topological polar surface area (TPSA) is 26.3 Å². The Morgan fingerprint density at radius 2 is 1.86 bits per heavy atom. The lowest BCUT2D eigenvalue weighted by atomic mass is 10.0. The molecule has 0 heterocycles. The zero-order valence-electron chi connectivity index (χ0n) is 11.6. The van der Waals surface area contributed by atoms with Crippen molar-refractivity contribution >= 4 is 28.7 Å². The van der Waals surface area contributed by atoms with Crippen LogP contribution in [0.25, 0.3) is 10.8 Å². The summed E-state index contributed by atoms with van der Waals surface area (Å²) in [4.78, 5) is 11.4. The van der Waals surface area contributed by atoms with Crippen molar-refractivity contribution in [2.24, 2.45) is 0 Å². The van der Waals surface area contributed by atoms with E-state index in [2.05, 4.69) is 0 Å². The lowest BCUT2D eigenvalue weighted by molar-refractivity contribution is 0.112. The maximum absolute atomic E-state index is 13.8. The van der Waals surface area contributed by atoms with Crippen molar-refractivity contribution in [3.05, 3.63) is 76.6 Å². The van der Waals surface area contributed by atoms with Gasteiger partial charge in [0.05, 0.1) is 10.6 Å². The molecule has 3 rings (SSSR count). The maximum Gasteiger partial charge on any atom is 0.154 e. The van der Waals surface area contributed by atoms with Gasteiger partial charge in [-0.3, -0.25) is 4.79 Å². The normalized spacial score (nSPS) is 10.6. The minimum Gasteiger partial charge on any atom is -0.488 e. The lowest BCUT2D eigenvalue weighted by Crippen LogP contribution is -2.02. The van der Waals surface area contributed by atoms with E-state index in [9.17, 15) is 9.18 Å². The largest absolute Gasteiger partial charge is 0.488 e. The molecule has 0 aliphatic heterocycles. The summed E-state index contributed by atoms with van der Waals surface area (Å²) in [5, 5.41) is 2.05. The summed E-state index contributed by atoms with van der Waals surface area (Å²) in [6.45, 7) is -0.0370. The van der Waals surface area contributed by atoms with Crippen molar-refractivity contribution in [1.29, 1.82) is 0 Å². The molecule has 2 nitrogen and oxygen atoms in total. The van der Waals surface area contributed by atoms with E-state index in [1.54, 1.807) is 12.1 Å². The molecule has 0 aliphatic carbocycles. The highest BCUT2D eigenvalue weighted by molar-refractivity contribution is 6.31. The van der Waals surface area contributed by atoms with E-state index in [4.69, 9.17) is 16.3 Å². The van der Waals surface area contributed by atoms with E-state index in [0.29, 0.717) is 16.3 Å². The summed E-state index contributed by atoms with van der Waals surface area (Å²) in [5.74, 6) is -0.0195. The van der Waals surface area contributed by atoms with E-state index in [1.807, 2.05) is 30.3 Å². The fourth-order valence-corrected chi connectivity index (χ4v) is 2.56. The van der Waals surface area contributed by atoms with E-state index < -0.39 is 5.82 Å². The van der Waals surface area contributed by atoms with Crippen LogP contribution >= 0.6 is 11.6 Å². The highest BCUT2D eigenvalue weighted by Crippen LogP contribution is 2.28. The molecule has 110 valence electrons. The molecule has 0 aliphatic rings. The van der Waals surface area contributed by atoms with Gasteiger partial charge in [-0.2, -0.15) is 0 Å². The fourth-order valence-electron chi connectivity index (χ4n) is 2.34. The van der Waals surface area contributed by atoms with Gasteiger partial charge in [0.15, 0.2) is 6.29 Å². The molecule has 3 aromatic carbocycles. The van der Waals surface area contributed by atoms with Gasteiger partial charge >= 0.3 is 0 Å². The minimum atomic E-state index is -0.430. The van der Waals surface area contributed by atoms with Gasteiger partial charge in [0.25, 0.3) is 0 Å². The Bertz CT molecular complexity index is 825. The Labute approximate surface area is 132 Å². The molecule has 0 bridgehead atoms. The first-order valence-electron chi connectivity index (χ1n) is 6.73. The molecule has 0 amide bonds. The summed E-state index contributed by atoms with van der Waals surface area (Å²) in [7, 11) is 0. The summed E-state index contributed by atoms with van der Waals surface area (Å²) >= 11 is 5.97. The number of benzene rings is 3. The van der Waals surface area contributed by atoms with Gasteiger partial charge in [-0.1, -0.05) is 48.0 Å². The predicted octanol–water partition coefficient (Wildman–Crippen LogP) is 5.02. The first-order valence-corrected chi connectivity index (χ1v) is 7.11. The van der Waals surface area contributed by atoms with Crippen LogP contribution < -0.4 is 4.74 Å². The molecule has 0 atom stereocenters. The first kappa shape index (κ1) is 14.5. The van der Waals surface area contributed by atoms with Gasteiger partial charge in [-0.15, -0.1) is 0 Å². The van der Waals surface area contributed by atoms with Crippen LogP contribution in [0, 0.1) is 5.82 Å². The smallest absolute Gasteiger partial charge is 0.154 e. The van der Waals surface area contributed by atoms with Crippen LogP contribution in [0.2, 0.25) is 5.02 Å². The van der Waals surface area contributed by atoms with Crippen molar-refractivity contribution in [2.45, 2.75) is 6.61 Å². The molecule has 0 radical (unpaired) electrons. The van der Waals surface area contributed by atoms with Crippen molar-refractivity contribution < 1.29 is 13.9 Å². The van der Waals surface area contributed by atoms with Gasteiger partial charge in [0, 0.05) is 5.56 Å². The first-order chi connectivity index (χ1) is 10.7. The summed E-state index contributed by atoms with van der Waals surface area (Å²) in [6, 6.07) is 15.6. The quantitative estimate of drug-likeness (QED) is 0.632. The highest BCUT2D eigenvalue weighted by Gasteiger charge is 2.11. The summed E-state index contributed by atoms with van der Waals surface area (Å²) < 4.78 is 19.4. The number of halogens is 2. The van der Waals surface area contributed by atoms with E-state index in [0.717, 1.165) is 17.1 Å². The molecule has 0 fully saturated rings. The molecule has 0 spiro atoms. The molecule has 3 aromatic rings. The molecule has 4 heteroatoms. The number of hydrogen-bond donors (Lipinski definition) is 0. The van der Waals surface area contributed by atoms with Crippen LogP contribution in [-0.4, -0.2) is 6.29 Å². The third-order valence-corrected chi connectivity index (χ3v) is 3.84. The minimum absolute atomic E-state index is 0.0370. The SMILES string of the molecule is O=Cc1c(OCc2c(F)cccc2Cl)ccc2ccccc12. The van der Waals surface area contributed by atoms with Crippen LogP contribution in [0.5, 0.6) is 5.75 Å². The van der Waals surface area contributed by atoms with E-state index in [1.165, 1.54) is 12.1 Å². The van der Waals surface area contributed by atoms with E-state index >= 15 is 0 Å². The Morgan fingerprint density at radius 1 is 1.05 bits per heavy atom. The van der Waals surface area contributed by atoms with Gasteiger partial charge in [0.1, 0.15) is 18.2 Å². The lowest BCUT2D eigenvalue weighted by Gasteiger charge is -2.12. The number of carbonyl (C=O) groups is 1. The second kappa shape index (κ2) is 6.16. The summed E-state index contributed by atoms with van der Waals surface area (Å²) in [6.07, 6.45) is 0.751. The molecule has 0 unspecified atom stereocenters. The standard InChI is InChI=1S/C18H12ClFO2/c19-16-6-3-7-17(20)15(16)11-22-18-9-8-12-4-1-2-5-13(12)14(18)10-21/h1-10H,11H2. The van der Waals surface area contributed by atoms with Crippen LogP contribution in [-0.2, 0) is 6.61 Å². The van der Waals surface area contributed by atoms with Crippen LogP contribution in [0.4, 0.5) is 4.39 Å². The van der Waals surface area contributed by atoms with Crippen LogP contribution in [0.1, 0.15) is 15.9 Å². The van der Waals surface area contributed by atoms with Gasteiger partial charge < -0.3 is 4.74 Å². The Hall–Kier alpha value is -2.39. The molecule has 0 N–H and O–H groups in total. The Morgan fingerprint density at radius 3 is 2.64 bits per heavy atom. The third kappa shape index (κ3) is 2.68. The second-order valence-electron chi connectivity index (χ2n) is 4.81. The van der Waals surface area contributed by atoms with Gasteiger partial charge in [0.2, 0.25) is 0 Å². The van der Waals surface area contributed by atoms with Crippen molar-refractivity contribution in [2.75, 3.05) is 0 Å². The maximum atomic E-state index is 13.8. The van der Waals surface area contributed by atoms with Crippen LogP contribution in [0.15, 0.2) is 54.6 Å². The average molecular weight is 315 g/mol. The molecule has 0 aromatic heterocycles. The summed E-state index contributed by atoms with van der Waals surface area (Å²) in [5.41, 5.74) is 0.722. The van der Waals surface area contributed by atoms with Gasteiger partial charge in [-0.05, 0) is 29.0 Å². The molecule has 0 saturated heterocycles. The highest BCUT2D eigenvalue weighted by atomic mass is 35.5. The number of ether oxygens (including phenoxy) is 1. The zero-order valence-corrected chi connectivity index (χ0v) is 12.3. The van der Waals surface area contributed by atoms with Crippen LogP contribution in [0.3, 0.4) is 0 Å². The molecular formula is C18H12ClFO2. The Balaban J connectivity index is 1.96. The number of fused-ring (bicyclic) bond motifs is 1. The van der Waals surface area contributed by atoms with E-state index in [-0.39, 0.29) is 12.2 Å². The Kier molecular flexibility index (Phi) is 4.07. The average Bonchev–Trinajstić information content (AvgIpc) is 2.54. The second-order valence-corrected chi connectivity index (χ2v) is 5.21. The number of rotatable bonds is 4. The monoisotopic (exact) mass is 314 g/mol. The number of aldehydes is 1. The molecular weight excluding hydrogens is 303 g/mol. The number of carbonyl (C=O) groups excluding carboxylic acids is 1. The molecule has 22 heavy (non-hydrogen) atoms. The fraction of sp³-hybridized carbons (Fsp3) is 0.0556. The molecule has 0 saturated carbocycles.